The van der Waals surface area contributed by atoms with Crippen LogP contribution in [0.15, 0.2) is 40.9 Å². The van der Waals surface area contributed by atoms with Crippen LogP contribution in [-0.2, 0) is 0 Å². The lowest BCUT2D eigenvalue weighted by molar-refractivity contribution is 0.0793. The highest BCUT2D eigenvalue weighted by molar-refractivity contribution is 6.00. The van der Waals surface area contributed by atoms with Crippen LogP contribution in [0.4, 0.5) is 4.39 Å². The molecule has 0 saturated carbocycles. The Bertz CT molecular complexity index is 1040. The lowest BCUT2D eigenvalue weighted by atomic mass is 9.93. The van der Waals surface area contributed by atoms with Gasteiger partial charge < -0.3 is 14.2 Å². The number of hydrogen-bond acceptors (Lipinski definition) is 4. The van der Waals surface area contributed by atoms with Gasteiger partial charge in [-0.3, -0.25) is 4.79 Å². The minimum atomic E-state index is -0.402. The third kappa shape index (κ3) is 2.68. The van der Waals surface area contributed by atoms with E-state index in [9.17, 15) is 9.18 Å². The van der Waals surface area contributed by atoms with Gasteiger partial charge in [0.25, 0.3) is 5.91 Å². The first-order chi connectivity index (χ1) is 12.9. The fourth-order valence-electron chi connectivity index (χ4n) is 3.81. The van der Waals surface area contributed by atoms with Crippen LogP contribution in [0.25, 0.3) is 11.1 Å². The average Bonchev–Trinajstić information content (AvgIpc) is 3.10. The van der Waals surface area contributed by atoms with E-state index in [0.717, 1.165) is 22.4 Å². The number of methoxy groups -OCH3 is 1. The maximum absolute atomic E-state index is 14.1. The Morgan fingerprint density at radius 3 is 2.63 bits per heavy atom. The largest absolute Gasteiger partial charge is 0.497 e. The number of amides is 1. The van der Waals surface area contributed by atoms with E-state index in [1.807, 2.05) is 32.0 Å². The molecule has 1 atom stereocenters. The van der Waals surface area contributed by atoms with E-state index in [1.165, 1.54) is 19.2 Å². The summed E-state index contributed by atoms with van der Waals surface area (Å²) in [5.41, 5.74) is 4.72. The topological polar surface area (TPSA) is 55.6 Å². The van der Waals surface area contributed by atoms with Crippen molar-refractivity contribution in [3.8, 4) is 16.9 Å². The molecule has 5 nitrogen and oxygen atoms in total. The first-order valence-electron chi connectivity index (χ1n) is 8.59. The third-order valence-electron chi connectivity index (χ3n) is 5.05. The number of benzene rings is 2. The Morgan fingerprint density at radius 2 is 1.96 bits per heavy atom. The van der Waals surface area contributed by atoms with E-state index in [1.54, 1.807) is 18.0 Å². The number of halogens is 1. The molecule has 0 N–H and O–H groups in total. The summed E-state index contributed by atoms with van der Waals surface area (Å²) in [6.07, 6.45) is 0. The van der Waals surface area contributed by atoms with Crippen LogP contribution in [0, 0.1) is 19.7 Å². The van der Waals surface area contributed by atoms with Crippen molar-refractivity contribution in [2.75, 3.05) is 14.2 Å². The number of nitrogens with zero attached hydrogens (tertiary/aromatic N) is 2. The highest BCUT2D eigenvalue weighted by Gasteiger charge is 2.36. The van der Waals surface area contributed by atoms with Crippen molar-refractivity contribution < 1.29 is 18.4 Å². The second kappa shape index (κ2) is 6.23. The molecule has 0 saturated heterocycles. The Balaban J connectivity index is 1.89. The Morgan fingerprint density at radius 1 is 1.19 bits per heavy atom. The summed E-state index contributed by atoms with van der Waals surface area (Å²) >= 11 is 0. The predicted molar refractivity (Wildman–Crippen MR) is 98.3 cm³/mol. The summed E-state index contributed by atoms with van der Waals surface area (Å²) in [5.74, 6) is 0.638. The van der Waals surface area contributed by atoms with Crippen LogP contribution in [0.1, 0.15) is 39.0 Å². The fourth-order valence-corrected chi connectivity index (χ4v) is 3.81. The molecule has 1 aliphatic heterocycles. The number of aryl methyl sites for hydroxylation is 2. The van der Waals surface area contributed by atoms with Crippen molar-refractivity contribution in [1.82, 2.24) is 10.1 Å². The number of ether oxygens (including phenoxy) is 1. The molecule has 1 aliphatic rings. The smallest absolute Gasteiger partial charge is 0.254 e. The fraction of sp³-hybridized carbons (Fsp3) is 0.238. The number of carbonyl (C=O) groups is 1. The molecular formula is C21H19FN2O3. The normalized spacial score (nSPS) is 16.0. The average molecular weight is 366 g/mol. The third-order valence-corrected chi connectivity index (χ3v) is 5.05. The van der Waals surface area contributed by atoms with E-state index in [4.69, 9.17) is 9.26 Å². The lowest BCUT2D eigenvalue weighted by Gasteiger charge is -2.22. The van der Waals surface area contributed by atoms with Crippen molar-refractivity contribution in [2.45, 2.75) is 19.9 Å². The predicted octanol–water partition coefficient (Wildman–Crippen LogP) is 4.28. The Hall–Kier alpha value is -3.15. The minimum absolute atomic E-state index is 0.0939. The van der Waals surface area contributed by atoms with Gasteiger partial charge in [-0.15, -0.1) is 0 Å². The van der Waals surface area contributed by atoms with Crippen LogP contribution in [-0.4, -0.2) is 30.1 Å². The van der Waals surface area contributed by atoms with Gasteiger partial charge in [-0.25, -0.2) is 4.39 Å². The van der Waals surface area contributed by atoms with E-state index in [2.05, 4.69) is 5.16 Å². The number of hydrogen-bond donors (Lipinski definition) is 0. The molecule has 1 amide bonds. The monoisotopic (exact) mass is 366 g/mol. The van der Waals surface area contributed by atoms with Gasteiger partial charge in [0.05, 0.1) is 18.8 Å². The first kappa shape index (κ1) is 17.3. The Kier molecular flexibility index (Phi) is 3.98. The lowest BCUT2D eigenvalue weighted by Crippen LogP contribution is -2.23. The number of fused-ring (bicyclic) bond motifs is 1. The van der Waals surface area contributed by atoms with E-state index in [-0.39, 0.29) is 5.91 Å². The molecule has 2 heterocycles. The van der Waals surface area contributed by atoms with E-state index >= 15 is 0 Å². The van der Waals surface area contributed by atoms with Crippen LogP contribution >= 0.6 is 0 Å². The van der Waals surface area contributed by atoms with Crippen molar-refractivity contribution in [3.63, 3.8) is 0 Å². The molecule has 4 rings (SSSR count). The maximum atomic E-state index is 14.1. The van der Waals surface area contributed by atoms with Gasteiger partial charge in [0.1, 0.15) is 17.3 Å². The van der Waals surface area contributed by atoms with Gasteiger partial charge in [0, 0.05) is 24.2 Å². The Labute approximate surface area is 156 Å². The molecule has 0 bridgehead atoms. The number of rotatable bonds is 3. The summed E-state index contributed by atoms with van der Waals surface area (Å²) in [6.45, 7) is 3.74. The van der Waals surface area contributed by atoms with Crippen LogP contribution in [0.5, 0.6) is 5.75 Å². The number of aromatic nitrogens is 1. The summed E-state index contributed by atoms with van der Waals surface area (Å²) in [6, 6.07) is 9.80. The number of carbonyl (C=O) groups excluding carboxylic acids is 1. The van der Waals surface area contributed by atoms with Crippen LogP contribution in [0.2, 0.25) is 0 Å². The van der Waals surface area contributed by atoms with Crippen LogP contribution in [0.3, 0.4) is 0 Å². The first-order valence-corrected chi connectivity index (χ1v) is 8.59. The summed E-state index contributed by atoms with van der Waals surface area (Å²) in [7, 11) is 3.21. The van der Waals surface area contributed by atoms with Gasteiger partial charge in [-0.1, -0.05) is 11.2 Å². The molecule has 0 radical (unpaired) electrons. The second-order valence-corrected chi connectivity index (χ2v) is 6.74. The summed E-state index contributed by atoms with van der Waals surface area (Å²) < 4.78 is 24.5. The molecule has 2 aromatic carbocycles. The molecule has 138 valence electrons. The SMILES string of the molecule is COc1cc(F)cc(C2c3cc(-c4c(C)noc4C)ccc3C(=O)N2C)c1. The molecule has 6 heteroatoms. The maximum Gasteiger partial charge on any atom is 0.254 e. The van der Waals surface area contributed by atoms with Crippen molar-refractivity contribution in [1.29, 1.82) is 0 Å². The highest BCUT2D eigenvalue weighted by Crippen LogP contribution is 2.41. The summed E-state index contributed by atoms with van der Waals surface area (Å²) in [4.78, 5) is 14.3. The molecule has 0 spiro atoms. The molecular weight excluding hydrogens is 347 g/mol. The van der Waals surface area contributed by atoms with Gasteiger partial charge in [0.15, 0.2) is 0 Å². The zero-order valence-electron chi connectivity index (χ0n) is 15.5. The molecule has 27 heavy (non-hydrogen) atoms. The van der Waals surface area contributed by atoms with Gasteiger partial charge >= 0.3 is 0 Å². The molecule has 1 aromatic heterocycles. The van der Waals surface area contributed by atoms with Crippen molar-refractivity contribution in [3.05, 3.63) is 70.4 Å². The second-order valence-electron chi connectivity index (χ2n) is 6.74. The zero-order chi connectivity index (χ0) is 19.3. The van der Waals surface area contributed by atoms with Gasteiger partial charge in [-0.2, -0.15) is 0 Å². The zero-order valence-corrected chi connectivity index (χ0v) is 15.5. The van der Waals surface area contributed by atoms with Crippen LogP contribution < -0.4 is 4.74 Å². The standard InChI is InChI=1S/C21H19FN2O3/c1-11-19(12(2)27-23-11)13-5-6-17-18(9-13)20(24(3)21(17)25)14-7-15(22)10-16(8-14)26-4/h5-10,20H,1-4H3. The quantitative estimate of drug-likeness (QED) is 0.694. The van der Waals surface area contributed by atoms with Gasteiger partial charge in [-0.05, 0) is 54.8 Å². The van der Waals surface area contributed by atoms with E-state index in [0.29, 0.717) is 22.6 Å². The summed E-state index contributed by atoms with van der Waals surface area (Å²) in [5, 5.41) is 4.01. The molecule has 0 fully saturated rings. The van der Waals surface area contributed by atoms with E-state index < -0.39 is 11.9 Å². The van der Waals surface area contributed by atoms with Crippen molar-refractivity contribution in [2.24, 2.45) is 0 Å². The molecule has 3 aromatic rings. The minimum Gasteiger partial charge on any atom is -0.497 e. The molecule has 1 unspecified atom stereocenters. The highest BCUT2D eigenvalue weighted by atomic mass is 19.1. The van der Waals surface area contributed by atoms with Crippen molar-refractivity contribution >= 4 is 5.91 Å². The molecule has 0 aliphatic carbocycles. The van der Waals surface area contributed by atoms with Gasteiger partial charge in [0.2, 0.25) is 0 Å².